The first-order valence-electron chi connectivity index (χ1n) is 30.8. The summed E-state index contributed by atoms with van der Waals surface area (Å²) in [7, 11) is 0. The third kappa shape index (κ3) is 23.7. The molecule has 6 rings (SSSR count). The largest absolute Gasteiger partial charge is 0.494 e. The highest BCUT2D eigenvalue weighted by molar-refractivity contribution is 5.92. The van der Waals surface area contributed by atoms with Crippen LogP contribution in [0.4, 0.5) is 0 Å². The predicted molar refractivity (Wildman–Crippen MR) is 329 cm³/mol. The first kappa shape index (κ1) is 64.0. The molecule has 0 aromatic heterocycles. The number of rotatable bonds is 39. The fraction of sp³-hybridized carbons (Fsp3) is 0.444. The summed E-state index contributed by atoms with van der Waals surface area (Å²) < 4.78 is 34.4. The molecule has 0 saturated carbocycles. The van der Waals surface area contributed by atoms with Crippen LogP contribution in [0.3, 0.4) is 0 Å². The normalized spacial score (nSPS) is 11.8. The van der Waals surface area contributed by atoms with Crippen LogP contribution in [0.25, 0.3) is 22.3 Å². The first-order valence-corrected chi connectivity index (χ1v) is 30.8. The summed E-state index contributed by atoms with van der Waals surface area (Å²) in [5.74, 6) is 1.44. The number of ether oxygens (including phenoxy) is 6. The average molecular weight is 1120 g/mol. The third-order valence-electron chi connectivity index (χ3n) is 15.0. The van der Waals surface area contributed by atoms with Crippen molar-refractivity contribution in [2.24, 2.45) is 11.8 Å². The minimum absolute atomic E-state index is 0.227. The lowest BCUT2D eigenvalue weighted by Gasteiger charge is -2.12. The maximum Gasteiger partial charge on any atom is 0.343 e. The van der Waals surface area contributed by atoms with E-state index in [0.717, 1.165) is 111 Å². The number of hydrogen-bond donors (Lipinski definition) is 0. The van der Waals surface area contributed by atoms with Gasteiger partial charge in [0.05, 0.1) is 36.2 Å². The Labute approximate surface area is 489 Å². The summed E-state index contributed by atoms with van der Waals surface area (Å²) in [6.07, 6.45) is 27.4. The second-order valence-corrected chi connectivity index (χ2v) is 21.9. The van der Waals surface area contributed by atoms with Gasteiger partial charge >= 0.3 is 23.9 Å². The molecule has 0 heterocycles. The molecule has 0 saturated heterocycles. The summed E-state index contributed by atoms with van der Waals surface area (Å²) in [6.45, 7) is 9.73. The van der Waals surface area contributed by atoms with Crippen LogP contribution in [0, 0.1) is 11.8 Å². The molecule has 10 nitrogen and oxygen atoms in total. The highest BCUT2D eigenvalue weighted by Crippen LogP contribution is 2.29. The number of unbranched alkanes of at least 4 members (excludes halogenated alkanes) is 19. The van der Waals surface area contributed by atoms with Crippen LogP contribution in [-0.4, -0.2) is 37.1 Å². The van der Waals surface area contributed by atoms with E-state index in [4.69, 9.17) is 28.4 Å². The quantitative estimate of drug-likeness (QED) is 0.0209. The highest BCUT2D eigenvalue weighted by atomic mass is 16.5. The molecule has 0 aliphatic rings. The van der Waals surface area contributed by atoms with Crippen molar-refractivity contribution in [3.8, 4) is 56.8 Å². The standard InChI is InChI=1S/C72H90O10/c1-5-7-9-11-21-25-53-77-63-41-29-57(30-42-63)59-33-45-67(46-34-59)81-71(75)61-37-49-65(50-38-61)79-69(73)55(3)27-23-19-17-15-13-14-16-18-20-24-28-56(4)70(74)80-66-51-39-62(40-52-66)72(76)82-68-47-35-60(36-48-68)58-31-43-64(44-32-58)78-54-26-22-12-10-8-6-2/h29-52,55-56H,5-28,53-54H2,1-4H3/t55-,56-/m0/s1. The molecule has 0 N–H and O–H groups in total. The van der Waals surface area contributed by atoms with Crippen LogP contribution in [0.1, 0.15) is 203 Å². The van der Waals surface area contributed by atoms with E-state index >= 15 is 0 Å². The Morgan fingerprint density at radius 2 is 0.537 bits per heavy atom. The van der Waals surface area contributed by atoms with Crippen molar-refractivity contribution in [2.45, 2.75) is 182 Å². The fourth-order valence-electron chi connectivity index (χ4n) is 9.70. The summed E-state index contributed by atoms with van der Waals surface area (Å²) in [4.78, 5) is 51.5. The first-order chi connectivity index (χ1) is 40.1. The topological polar surface area (TPSA) is 124 Å². The van der Waals surface area contributed by atoms with Gasteiger partial charge in [-0.1, -0.05) is 205 Å². The molecular formula is C72H90O10. The van der Waals surface area contributed by atoms with E-state index in [2.05, 4.69) is 13.8 Å². The molecule has 0 bridgehead atoms. The fourth-order valence-corrected chi connectivity index (χ4v) is 9.70. The minimum atomic E-state index is -0.487. The number of esters is 4. The summed E-state index contributed by atoms with van der Waals surface area (Å²) in [5.41, 5.74) is 4.85. The van der Waals surface area contributed by atoms with Gasteiger partial charge in [-0.15, -0.1) is 0 Å². The Hall–Kier alpha value is -7.20. The van der Waals surface area contributed by atoms with Crippen molar-refractivity contribution in [1.29, 1.82) is 0 Å². The van der Waals surface area contributed by atoms with Crippen LogP contribution in [0.5, 0.6) is 34.5 Å². The average Bonchev–Trinajstić information content (AvgIpc) is 3.50. The zero-order valence-corrected chi connectivity index (χ0v) is 49.5. The van der Waals surface area contributed by atoms with E-state index in [-0.39, 0.29) is 23.8 Å². The molecule has 0 spiro atoms. The van der Waals surface area contributed by atoms with Crippen molar-refractivity contribution in [2.75, 3.05) is 13.2 Å². The Kier molecular flexibility index (Phi) is 28.9. The Balaban J connectivity index is 0.746. The van der Waals surface area contributed by atoms with Crippen molar-refractivity contribution in [3.63, 3.8) is 0 Å². The van der Waals surface area contributed by atoms with Crippen molar-refractivity contribution in [1.82, 2.24) is 0 Å². The smallest absolute Gasteiger partial charge is 0.343 e. The molecule has 82 heavy (non-hydrogen) atoms. The molecule has 0 aliphatic heterocycles. The Morgan fingerprint density at radius 3 is 0.841 bits per heavy atom. The molecule has 6 aromatic carbocycles. The zero-order valence-electron chi connectivity index (χ0n) is 49.5. The number of carbonyl (C=O) groups excluding carboxylic acids is 4. The van der Waals surface area contributed by atoms with Crippen LogP contribution >= 0.6 is 0 Å². The van der Waals surface area contributed by atoms with Gasteiger partial charge in [-0.2, -0.15) is 0 Å². The van der Waals surface area contributed by atoms with Gasteiger partial charge in [0.1, 0.15) is 34.5 Å². The summed E-state index contributed by atoms with van der Waals surface area (Å²) >= 11 is 0. The van der Waals surface area contributed by atoms with Gasteiger partial charge in [0.2, 0.25) is 0 Å². The lowest BCUT2D eigenvalue weighted by Crippen LogP contribution is -2.18. The third-order valence-corrected chi connectivity index (χ3v) is 15.0. The molecular weight excluding hydrogens is 1020 g/mol. The van der Waals surface area contributed by atoms with E-state index in [1.165, 1.54) is 89.9 Å². The van der Waals surface area contributed by atoms with E-state index in [9.17, 15) is 19.2 Å². The molecule has 438 valence electrons. The van der Waals surface area contributed by atoms with Crippen molar-refractivity contribution < 1.29 is 47.6 Å². The SMILES string of the molecule is CCCCCCCCOc1ccc(-c2ccc(OC(=O)c3ccc(OC(=O)[C@@H](C)CCCCCCCCCCCC[C@H](C)C(=O)Oc4ccc(C(=O)Oc5ccc(-c6ccc(OCCCCCCCC)cc6)cc5)cc4)cc3)cc2)cc1. The second-order valence-electron chi connectivity index (χ2n) is 21.9. The molecule has 0 unspecified atom stereocenters. The van der Waals surface area contributed by atoms with Crippen LogP contribution in [0.2, 0.25) is 0 Å². The van der Waals surface area contributed by atoms with E-state index in [1.807, 2.05) is 86.6 Å². The molecule has 0 aliphatic carbocycles. The lowest BCUT2D eigenvalue weighted by molar-refractivity contribution is -0.139. The minimum Gasteiger partial charge on any atom is -0.494 e. The van der Waals surface area contributed by atoms with E-state index in [1.54, 1.807) is 72.8 Å². The van der Waals surface area contributed by atoms with Crippen molar-refractivity contribution >= 4 is 23.9 Å². The summed E-state index contributed by atoms with van der Waals surface area (Å²) in [5, 5.41) is 0. The van der Waals surface area contributed by atoms with Gasteiger partial charge in [0.15, 0.2) is 0 Å². The van der Waals surface area contributed by atoms with Crippen molar-refractivity contribution in [3.05, 3.63) is 157 Å². The maximum absolute atomic E-state index is 12.9. The van der Waals surface area contributed by atoms with Gasteiger partial charge in [-0.05, 0) is 145 Å². The molecule has 6 aromatic rings. The van der Waals surface area contributed by atoms with Gasteiger partial charge in [-0.3, -0.25) is 9.59 Å². The second kappa shape index (κ2) is 37.0. The zero-order chi connectivity index (χ0) is 58.0. The number of benzene rings is 6. The molecule has 0 amide bonds. The van der Waals surface area contributed by atoms with Crippen LogP contribution < -0.4 is 28.4 Å². The monoisotopic (exact) mass is 1110 g/mol. The molecule has 0 fully saturated rings. The number of hydrogen-bond acceptors (Lipinski definition) is 10. The Morgan fingerprint density at radius 1 is 0.293 bits per heavy atom. The van der Waals surface area contributed by atoms with E-state index < -0.39 is 11.9 Å². The Bertz CT molecular complexity index is 2560. The molecule has 0 radical (unpaired) electrons. The van der Waals surface area contributed by atoms with Gasteiger partial charge in [0.25, 0.3) is 0 Å². The lowest BCUT2D eigenvalue weighted by atomic mass is 10.00. The van der Waals surface area contributed by atoms with Gasteiger partial charge in [0, 0.05) is 0 Å². The van der Waals surface area contributed by atoms with Crippen LogP contribution in [-0.2, 0) is 9.59 Å². The highest BCUT2D eigenvalue weighted by Gasteiger charge is 2.18. The predicted octanol–water partition coefficient (Wildman–Crippen LogP) is 19.4. The van der Waals surface area contributed by atoms with E-state index in [0.29, 0.717) is 34.1 Å². The van der Waals surface area contributed by atoms with Crippen LogP contribution in [0.15, 0.2) is 146 Å². The van der Waals surface area contributed by atoms with Gasteiger partial charge < -0.3 is 28.4 Å². The van der Waals surface area contributed by atoms with Gasteiger partial charge in [-0.25, -0.2) is 9.59 Å². The maximum atomic E-state index is 12.9. The number of carbonyl (C=O) groups is 4. The molecule has 2 atom stereocenters. The summed E-state index contributed by atoms with van der Waals surface area (Å²) in [6, 6.07) is 43.9. The molecule has 10 heteroatoms.